The van der Waals surface area contributed by atoms with E-state index in [2.05, 4.69) is 27.0 Å². The zero-order valence-electron chi connectivity index (χ0n) is 22.4. The van der Waals surface area contributed by atoms with E-state index in [0.717, 1.165) is 16.7 Å². The minimum Gasteiger partial charge on any atom is -0.497 e. The molecule has 40 heavy (non-hydrogen) atoms. The maximum absolute atomic E-state index is 14.2. The number of rotatable bonds is 7. The van der Waals surface area contributed by atoms with Crippen molar-refractivity contribution in [1.29, 1.82) is 0 Å². The lowest BCUT2D eigenvalue weighted by molar-refractivity contribution is 0.397. The Morgan fingerprint density at radius 3 is 2.12 bits per heavy atom. The van der Waals surface area contributed by atoms with Crippen LogP contribution in [-0.2, 0) is 4.74 Å². The number of H-pyrrole nitrogens is 1. The van der Waals surface area contributed by atoms with Crippen LogP contribution in [0.1, 0.15) is 6.92 Å². The van der Waals surface area contributed by atoms with Crippen LogP contribution in [-0.4, -0.2) is 41.6 Å². The summed E-state index contributed by atoms with van der Waals surface area (Å²) in [4.78, 5) is 25.9. The number of methoxy groups -OCH3 is 2. The van der Waals surface area contributed by atoms with Crippen LogP contribution in [0.4, 0.5) is 5.82 Å². The second-order valence-electron chi connectivity index (χ2n) is 8.68. The summed E-state index contributed by atoms with van der Waals surface area (Å²) in [5.41, 5.74) is 4.53. The SMILES string of the molecule is C=N/C(=N\C(=C/C)Nc1[nH]c2c(-c3ccccc3)c(-c3ccccc3)nn2c(=O)c1-c1ccc(OC)cc1)OC. The molecule has 0 fully saturated rings. The first-order valence-electron chi connectivity index (χ1n) is 12.5. The Morgan fingerprint density at radius 2 is 1.55 bits per heavy atom. The highest BCUT2D eigenvalue weighted by molar-refractivity contribution is 5.92. The number of aromatic nitrogens is 3. The third kappa shape index (κ3) is 5.00. The molecule has 5 aromatic rings. The van der Waals surface area contributed by atoms with Gasteiger partial charge in [-0.1, -0.05) is 72.8 Å². The smallest absolute Gasteiger partial charge is 0.317 e. The molecule has 0 aliphatic carbocycles. The lowest BCUT2D eigenvalue weighted by atomic mass is 10.0. The first-order valence-corrected chi connectivity index (χ1v) is 12.5. The normalized spacial score (nSPS) is 11.9. The van der Waals surface area contributed by atoms with Crippen LogP contribution >= 0.6 is 0 Å². The summed E-state index contributed by atoms with van der Waals surface area (Å²) in [6, 6.07) is 27.0. The van der Waals surface area contributed by atoms with E-state index in [4.69, 9.17) is 14.6 Å². The Kier molecular flexibility index (Phi) is 7.54. The lowest BCUT2D eigenvalue weighted by Gasteiger charge is -2.14. The Balaban J connectivity index is 1.83. The predicted octanol–water partition coefficient (Wildman–Crippen LogP) is 6.01. The van der Waals surface area contributed by atoms with Crippen molar-refractivity contribution >= 4 is 24.2 Å². The molecular formula is C31H28N6O3. The summed E-state index contributed by atoms with van der Waals surface area (Å²) in [7, 11) is 3.05. The molecule has 2 N–H and O–H groups in total. The van der Waals surface area contributed by atoms with Crippen LogP contribution in [0.25, 0.3) is 39.2 Å². The summed E-state index contributed by atoms with van der Waals surface area (Å²) in [5, 5.41) is 8.09. The molecule has 0 bridgehead atoms. The number of amidine groups is 1. The van der Waals surface area contributed by atoms with E-state index in [0.29, 0.717) is 39.9 Å². The van der Waals surface area contributed by atoms with Gasteiger partial charge in [-0.05, 0) is 43.0 Å². The zero-order chi connectivity index (χ0) is 28.1. The quantitative estimate of drug-likeness (QED) is 0.197. The highest BCUT2D eigenvalue weighted by Crippen LogP contribution is 2.36. The molecule has 2 aromatic heterocycles. The van der Waals surface area contributed by atoms with Crippen molar-refractivity contribution in [1.82, 2.24) is 14.6 Å². The van der Waals surface area contributed by atoms with E-state index < -0.39 is 0 Å². The number of hydrogen-bond donors (Lipinski definition) is 2. The number of anilines is 1. The van der Waals surface area contributed by atoms with Gasteiger partial charge in [0, 0.05) is 5.56 Å². The van der Waals surface area contributed by atoms with Gasteiger partial charge in [0.2, 0.25) is 0 Å². The van der Waals surface area contributed by atoms with Gasteiger partial charge in [-0.3, -0.25) is 4.79 Å². The van der Waals surface area contributed by atoms with Crippen molar-refractivity contribution in [3.63, 3.8) is 0 Å². The molecular weight excluding hydrogens is 504 g/mol. The number of allylic oxidation sites excluding steroid dienone is 1. The summed E-state index contributed by atoms with van der Waals surface area (Å²) >= 11 is 0. The highest BCUT2D eigenvalue weighted by Gasteiger charge is 2.23. The number of aromatic amines is 1. The number of aliphatic imine (C=N–C) groups is 2. The van der Waals surface area contributed by atoms with Crippen molar-refractivity contribution in [3.8, 4) is 39.3 Å². The molecule has 9 heteroatoms. The van der Waals surface area contributed by atoms with Gasteiger partial charge in [0.05, 0.1) is 25.3 Å². The van der Waals surface area contributed by atoms with Crippen LogP contribution in [0.5, 0.6) is 5.75 Å². The third-order valence-electron chi connectivity index (χ3n) is 6.33. The second kappa shape index (κ2) is 11.5. The minimum atomic E-state index is -0.311. The van der Waals surface area contributed by atoms with Crippen LogP contribution in [0, 0.1) is 0 Å². The van der Waals surface area contributed by atoms with Crippen molar-refractivity contribution in [2.24, 2.45) is 9.98 Å². The molecule has 0 saturated carbocycles. The molecule has 0 saturated heterocycles. The third-order valence-corrected chi connectivity index (χ3v) is 6.33. The Labute approximate surface area is 231 Å². The van der Waals surface area contributed by atoms with E-state index in [1.165, 1.54) is 11.6 Å². The fourth-order valence-corrected chi connectivity index (χ4v) is 4.41. The Bertz CT molecular complexity index is 1770. The zero-order valence-corrected chi connectivity index (χ0v) is 22.4. The molecule has 0 unspecified atom stereocenters. The van der Waals surface area contributed by atoms with Gasteiger partial charge in [-0.2, -0.15) is 14.6 Å². The van der Waals surface area contributed by atoms with Gasteiger partial charge < -0.3 is 19.8 Å². The van der Waals surface area contributed by atoms with Crippen molar-refractivity contribution in [2.75, 3.05) is 19.5 Å². The molecule has 3 aromatic carbocycles. The fourth-order valence-electron chi connectivity index (χ4n) is 4.41. The second-order valence-corrected chi connectivity index (χ2v) is 8.68. The van der Waals surface area contributed by atoms with Gasteiger partial charge >= 0.3 is 6.02 Å². The fraction of sp³-hybridized carbons (Fsp3) is 0.0968. The van der Waals surface area contributed by atoms with E-state index in [-0.39, 0.29) is 11.6 Å². The van der Waals surface area contributed by atoms with Crippen LogP contribution < -0.4 is 15.6 Å². The Hall–Kier alpha value is -5.44. The number of nitrogens with one attached hydrogen (secondary N) is 2. The molecule has 0 amide bonds. The van der Waals surface area contributed by atoms with Gasteiger partial charge in [-0.15, -0.1) is 0 Å². The molecule has 0 atom stereocenters. The summed E-state index contributed by atoms with van der Waals surface area (Å²) in [6.07, 6.45) is 1.74. The van der Waals surface area contributed by atoms with Crippen LogP contribution in [0.2, 0.25) is 0 Å². The first kappa shape index (κ1) is 26.2. The van der Waals surface area contributed by atoms with Gasteiger partial charge in [0.1, 0.15) is 28.7 Å². The average Bonchev–Trinajstić information content (AvgIpc) is 3.40. The van der Waals surface area contributed by atoms with E-state index >= 15 is 0 Å². The number of benzene rings is 3. The van der Waals surface area contributed by atoms with Crippen molar-refractivity contribution in [2.45, 2.75) is 6.92 Å². The molecule has 2 heterocycles. The molecule has 200 valence electrons. The Morgan fingerprint density at radius 1 is 0.925 bits per heavy atom. The molecule has 5 rings (SSSR count). The standard InChI is InChI=1S/C31H28N6O3/c1-5-24(34-31(32-2)40-4)33-28-26(21-16-18-23(39-3)19-17-21)30(38)37-29(35-28)25(20-12-8-6-9-13-20)27(36-37)22-14-10-7-11-15-22/h5-19,33,35H,2H2,1,3-4H3/b24-5-,34-31+. The summed E-state index contributed by atoms with van der Waals surface area (Å²) in [6.45, 7) is 5.31. The summed E-state index contributed by atoms with van der Waals surface area (Å²) < 4.78 is 11.9. The van der Waals surface area contributed by atoms with Crippen LogP contribution in [0.15, 0.2) is 112 Å². The topological polar surface area (TPSA) is 105 Å². The van der Waals surface area contributed by atoms with Crippen molar-refractivity contribution < 1.29 is 9.47 Å². The number of nitrogens with zero attached hydrogens (tertiary/aromatic N) is 4. The largest absolute Gasteiger partial charge is 0.497 e. The van der Waals surface area contributed by atoms with E-state index in [1.807, 2.05) is 79.7 Å². The van der Waals surface area contributed by atoms with Gasteiger partial charge in [-0.25, -0.2) is 4.99 Å². The summed E-state index contributed by atoms with van der Waals surface area (Å²) in [5.74, 6) is 1.51. The number of hydrogen-bond acceptors (Lipinski definition) is 6. The molecule has 0 aliphatic rings. The number of fused-ring (bicyclic) bond motifs is 1. The molecule has 0 aliphatic heterocycles. The van der Waals surface area contributed by atoms with Crippen LogP contribution in [0.3, 0.4) is 0 Å². The maximum Gasteiger partial charge on any atom is 0.317 e. The molecule has 0 spiro atoms. The minimum absolute atomic E-state index is 0.0794. The lowest BCUT2D eigenvalue weighted by Crippen LogP contribution is -2.20. The number of ether oxygens (including phenoxy) is 2. The average molecular weight is 533 g/mol. The van der Waals surface area contributed by atoms with Crippen molar-refractivity contribution in [3.05, 3.63) is 107 Å². The first-order chi connectivity index (χ1) is 19.6. The molecule has 0 radical (unpaired) electrons. The predicted molar refractivity (Wildman–Crippen MR) is 160 cm³/mol. The maximum atomic E-state index is 14.2. The van der Waals surface area contributed by atoms with E-state index in [9.17, 15) is 4.79 Å². The van der Waals surface area contributed by atoms with Gasteiger partial charge in [0.25, 0.3) is 5.56 Å². The highest BCUT2D eigenvalue weighted by atomic mass is 16.5. The molecule has 9 nitrogen and oxygen atoms in total. The van der Waals surface area contributed by atoms with Gasteiger partial charge in [0.15, 0.2) is 0 Å². The monoisotopic (exact) mass is 532 g/mol. The van der Waals surface area contributed by atoms with E-state index in [1.54, 1.807) is 25.3 Å².